The van der Waals surface area contributed by atoms with Crippen LogP contribution < -0.4 is 4.74 Å². The van der Waals surface area contributed by atoms with Crippen LogP contribution in [0, 0.1) is 0 Å². The summed E-state index contributed by atoms with van der Waals surface area (Å²) in [6.07, 6.45) is 0.352. The number of para-hydroxylation sites is 1. The third-order valence-electron chi connectivity index (χ3n) is 3.29. The van der Waals surface area contributed by atoms with Crippen LogP contribution in [0.2, 0.25) is 10.0 Å². The molecule has 0 aliphatic carbocycles. The zero-order valence-electron chi connectivity index (χ0n) is 13.4. The molecule has 0 saturated heterocycles. The fourth-order valence-corrected chi connectivity index (χ4v) is 2.52. The van der Waals surface area contributed by atoms with Gasteiger partial charge in [-0.15, -0.1) is 0 Å². The van der Waals surface area contributed by atoms with Crippen molar-refractivity contribution in [2.75, 3.05) is 13.6 Å². The summed E-state index contributed by atoms with van der Waals surface area (Å²) in [7, 11) is 1.57. The maximum atomic E-state index is 12.2. The molecule has 2 rings (SSSR count). The van der Waals surface area contributed by atoms with E-state index in [4.69, 9.17) is 37.6 Å². The Kier molecular flexibility index (Phi) is 6.66. The number of hydrogen-bond donors (Lipinski definition) is 1. The fourth-order valence-electron chi connectivity index (χ4n) is 2.01. The monoisotopic (exact) mass is 386 g/mol. The zero-order valence-corrected chi connectivity index (χ0v) is 14.9. The van der Waals surface area contributed by atoms with Gasteiger partial charge in [-0.1, -0.05) is 34.4 Å². The van der Waals surface area contributed by atoms with Crippen LogP contribution >= 0.6 is 23.2 Å². The highest BCUT2D eigenvalue weighted by molar-refractivity contribution is 6.37. The van der Waals surface area contributed by atoms with Crippen LogP contribution in [0.5, 0.6) is 5.75 Å². The minimum Gasteiger partial charge on any atom is -0.482 e. The van der Waals surface area contributed by atoms with Crippen molar-refractivity contribution in [1.82, 2.24) is 10.1 Å². The first kappa shape index (κ1) is 19.1. The molecule has 0 atom stereocenters. The van der Waals surface area contributed by atoms with Gasteiger partial charge in [-0.25, -0.2) is 0 Å². The van der Waals surface area contributed by atoms with E-state index in [1.54, 1.807) is 25.2 Å². The molecule has 1 N–H and O–H groups in total. The van der Waals surface area contributed by atoms with Crippen molar-refractivity contribution in [3.8, 4) is 5.75 Å². The molecule has 1 aromatic heterocycles. The van der Waals surface area contributed by atoms with Crippen LogP contribution in [-0.2, 0) is 11.4 Å². The topological polar surface area (TPSA) is 92.9 Å². The van der Waals surface area contributed by atoms with Crippen molar-refractivity contribution >= 4 is 35.1 Å². The minimum absolute atomic E-state index is 0.00583. The molecule has 0 aliphatic rings. The molecule has 2 aromatic rings. The Bertz CT molecular complexity index is 742. The summed E-state index contributed by atoms with van der Waals surface area (Å²) < 4.78 is 10.6. The van der Waals surface area contributed by atoms with Crippen molar-refractivity contribution in [1.29, 1.82) is 0 Å². The van der Waals surface area contributed by atoms with Gasteiger partial charge in [-0.05, 0) is 18.6 Å². The van der Waals surface area contributed by atoms with Crippen LogP contribution in [0.3, 0.4) is 0 Å². The lowest BCUT2D eigenvalue weighted by Gasteiger charge is -2.14. The number of benzene rings is 1. The summed E-state index contributed by atoms with van der Waals surface area (Å²) in [4.78, 5) is 24.1. The Labute approximate surface area is 154 Å². The lowest BCUT2D eigenvalue weighted by Crippen LogP contribution is -2.28. The van der Waals surface area contributed by atoms with Gasteiger partial charge >= 0.3 is 5.97 Å². The van der Waals surface area contributed by atoms with Crippen LogP contribution in [0.15, 0.2) is 28.8 Å². The molecule has 1 heterocycles. The number of carboxylic acid groups (broad SMARTS) is 1. The smallest absolute Gasteiger partial charge is 0.303 e. The second kappa shape index (κ2) is 8.73. The zero-order chi connectivity index (χ0) is 18.4. The molecular weight excluding hydrogens is 371 g/mol. The predicted octanol–water partition coefficient (Wildman–Crippen LogP) is 3.50. The number of ether oxygens (including phenoxy) is 1. The molecule has 25 heavy (non-hydrogen) atoms. The number of nitrogens with zero attached hydrogens (tertiary/aromatic N) is 2. The van der Waals surface area contributed by atoms with Gasteiger partial charge in [0.25, 0.3) is 5.91 Å². The molecule has 0 fully saturated rings. The maximum absolute atomic E-state index is 12.2. The minimum atomic E-state index is -0.903. The van der Waals surface area contributed by atoms with Crippen molar-refractivity contribution in [2.45, 2.75) is 19.4 Å². The van der Waals surface area contributed by atoms with Crippen molar-refractivity contribution in [2.24, 2.45) is 0 Å². The molecule has 0 saturated carbocycles. The first-order valence-corrected chi connectivity index (χ1v) is 8.13. The molecule has 7 nitrogen and oxygen atoms in total. The first-order chi connectivity index (χ1) is 11.9. The molecule has 1 aromatic carbocycles. The van der Waals surface area contributed by atoms with E-state index in [0.29, 0.717) is 34.5 Å². The Morgan fingerprint density at radius 1 is 1.32 bits per heavy atom. The lowest BCUT2D eigenvalue weighted by molar-refractivity contribution is -0.137. The largest absolute Gasteiger partial charge is 0.482 e. The highest BCUT2D eigenvalue weighted by Crippen LogP contribution is 2.32. The van der Waals surface area contributed by atoms with Crippen LogP contribution in [0.1, 0.15) is 29.1 Å². The van der Waals surface area contributed by atoms with Crippen molar-refractivity contribution in [3.05, 3.63) is 45.8 Å². The summed E-state index contributed by atoms with van der Waals surface area (Å²) in [6.45, 7) is 0.311. The standard InChI is InChI=1S/C16H16Cl2N2O5/c1-20(7-3-6-14(21)22)16(23)13-8-10(25-19-13)9-24-15-11(17)4-2-5-12(15)18/h2,4-5,8H,3,6-7,9H2,1H3,(H,21,22). The Hall–Kier alpha value is -2.25. The molecule has 0 spiro atoms. The van der Waals surface area contributed by atoms with Gasteiger partial charge in [0.15, 0.2) is 17.2 Å². The van der Waals surface area contributed by atoms with E-state index in [9.17, 15) is 9.59 Å². The van der Waals surface area contributed by atoms with E-state index in [1.807, 2.05) is 0 Å². The maximum Gasteiger partial charge on any atom is 0.303 e. The van der Waals surface area contributed by atoms with Gasteiger partial charge in [0.2, 0.25) is 0 Å². The van der Waals surface area contributed by atoms with E-state index < -0.39 is 5.97 Å². The molecule has 0 aliphatic heterocycles. The third-order valence-corrected chi connectivity index (χ3v) is 3.88. The van der Waals surface area contributed by atoms with Crippen LogP contribution in [0.4, 0.5) is 0 Å². The Balaban J connectivity index is 1.93. The molecular formula is C16H16Cl2N2O5. The number of aliphatic carboxylic acids is 1. The summed E-state index contributed by atoms with van der Waals surface area (Å²) in [5.41, 5.74) is 0.113. The summed E-state index contributed by atoms with van der Waals surface area (Å²) in [5.74, 6) is -0.615. The molecule has 0 unspecified atom stereocenters. The Morgan fingerprint density at radius 2 is 2.00 bits per heavy atom. The van der Waals surface area contributed by atoms with E-state index in [0.717, 1.165) is 0 Å². The van der Waals surface area contributed by atoms with Gasteiger partial charge in [-0.2, -0.15) is 0 Å². The molecule has 0 bridgehead atoms. The number of hydrogen-bond acceptors (Lipinski definition) is 5. The number of aromatic nitrogens is 1. The molecule has 0 radical (unpaired) electrons. The SMILES string of the molecule is CN(CCCC(=O)O)C(=O)c1cc(COc2c(Cl)cccc2Cl)on1. The quantitative estimate of drug-likeness (QED) is 0.745. The number of rotatable bonds is 8. The van der Waals surface area contributed by atoms with Gasteiger partial charge in [0, 0.05) is 26.1 Å². The van der Waals surface area contributed by atoms with E-state index in [2.05, 4.69) is 5.16 Å². The summed E-state index contributed by atoms with van der Waals surface area (Å²) >= 11 is 12.0. The van der Waals surface area contributed by atoms with Gasteiger partial charge in [-0.3, -0.25) is 9.59 Å². The molecule has 1 amide bonds. The second-order valence-corrected chi connectivity index (χ2v) is 6.06. The van der Waals surface area contributed by atoms with Crippen molar-refractivity contribution < 1.29 is 24.0 Å². The normalized spacial score (nSPS) is 10.5. The highest BCUT2D eigenvalue weighted by Gasteiger charge is 2.18. The van der Waals surface area contributed by atoms with E-state index >= 15 is 0 Å². The molecule has 9 heteroatoms. The highest BCUT2D eigenvalue weighted by atomic mass is 35.5. The van der Waals surface area contributed by atoms with Crippen LogP contribution in [-0.4, -0.2) is 40.6 Å². The van der Waals surface area contributed by atoms with Gasteiger partial charge in [0.1, 0.15) is 6.61 Å². The second-order valence-electron chi connectivity index (χ2n) is 5.24. The molecule has 134 valence electrons. The third kappa shape index (κ3) is 5.37. The fraction of sp³-hybridized carbons (Fsp3) is 0.312. The summed E-state index contributed by atoms with van der Waals surface area (Å²) in [6, 6.07) is 6.44. The number of carboxylic acids is 1. The number of carbonyl (C=O) groups is 2. The van der Waals surface area contributed by atoms with Crippen LogP contribution in [0.25, 0.3) is 0 Å². The summed E-state index contributed by atoms with van der Waals surface area (Å²) in [5, 5.41) is 13.0. The number of amides is 1. The first-order valence-electron chi connectivity index (χ1n) is 7.38. The van der Waals surface area contributed by atoms with Gasteiger partial charge in [0.05, 0.1) is 10.0 Å². The number of carbonyl (C=O) groups excluding carboxylic acids is 1. The van der Waals surface area contributed by atoms with E-state index in [1.165, 1.54) is 11.0 Å². The number of halogens is 2. The Morgan fingerprint density at radius 3 is 2.64 bits per heavy atom. The average molecular weight is 387 g/mol. The van der Waals surface area contributed by atoms with E-state index in [-0.39, 0.29) is 24.6 Å². The van der Waals surface area contributed by atoms with Gasteiger partial charge < -0.3 is 19.3 Å². The average Bonchev–Trinajstić information content (AvgIpc) is 3.02. The lowest BCUT2D eigenvalue weighted by atomic mass is 10.2. The van der Waals surface area contributed by atoms with Crippen molar-refractivity contribution in [3.63, 3.8) is 0 Å². The predicted molar refractivity (Wildman–Crippen MR) is 91.1 cm³/mol.